The van der Waals surface area contributed by atoms with E-state index in [0.29, 0.717) is 39.1 Å². The minimum absolute atomic E-state index is 0.367. The van der Waals surface area contributed by atoms with E-state index in [1.807, 2.05) is 0 Å². The number of hydrogen-bond acceptors (Lipinski definition) is 8. The van der Waals surface area contributed by atoms with Crippen LogP contribution in [-0.4, -0.2) is 40.3 Å². The number of imidazole rings is 1. The summed E-state index contributed by atoms with van der Waals surface area (Å²) < 4.78 is 5.16. The molecule has 0 aliphatic carbocycles. The molecular formula is C11H7ClN8OS. The Labute approximate surface area is 131 Å². The average molecular weight is 335 g/mol. The minimum Gasteiger partial charge on any atom is -0.338 e. The van der Waals surface area contributed by atoms with E-state index < -0.39 is 0 Å². The lowest BCUT2D eigenvalue weighted by Gasteiger charge is -1.90. The number of rotatable bonds is 4. The summed E-state index contributed by atoms with van der Waals surface area (Å²) in [7, 11) is 0. The highest BCUT2D eigenvalue weighted by molar-refractivity contribution is 7.98. The molecule has 0 unspecified atom stereocenters. The van der Waals surface area contributed by atoms with Crippen LogP contribution >= 0.6 is 23.4 Å². The highest BCUT2D eigenvalue weighted by Gasteiger charge is 2.12. The Kier molecular flexibility index (Phi) is 3.24. The summed E-state index contributed by atoms with van der Waals surface area (Å²) in [5.41, 5.74) is 1.39. The van der Waals surface area contributed by atoms with Gasteiger partial charge in [0.1, 0.15) is 6.33 Å². The predicted octanol–water partition coefficient (Wildman–Crippen LogP) is 2.07. The molecule has 11 heteroatoms. The molecule has 0 saturated carbocycles. The van der Waals surface area contributed by atoms with Gasteiger partial charge in [-0.05, 0) is 6.07 Å². The van der Waals surface area contributed by atoms with Crippen LogP contribution in [0.4, 0.5) is 0 Å². The Hall–Kier alpha value is -2.46. The van der Waals surface area contributed by atoms with E-state index in [4.69, 9.17) is 16.1 Å². The Bertz CT molecular complexity index is 917. The van der Waals surface area contributed by atoms with Gasteiger partial charge in [0.15, 0.2) is 16.6 Å². The van der Waals surface area contributed by atoms with Crippen molar-refractivity contribution >= 4 is 34.5 Å². The maximum atomic E-state index is 5.89. The summed E-state index contributed by atoms with van der Waals surface area (Å²) in [6.07, 6.45) is 2.94. The van der Waals surface area contributed by atoms with E-state index in [2.05, 4.69) is 40.3 Å². The lowest BCUT2D eigenvalue weighted by atomic mass is 10.4. The number of thioether (sulfide) groups is 1. The van der Waals surface area contributed by atoms with Crippen LogP contribution in [0.1, 0.15) is 5.89 Å². The highest BCUT2D eigenvalue weighted by atomic mass is 35.5. The van der Waals surface area contributed by atoms with Gasteiger partial charge in [0.25, 0.3) is 0 Å². The Morgan fingerprint density at radius 3 is 3.09 bits per heavy atom. The van der Waals surface area contributed by atoms with Crippen molar-refractivity contribution in [2.75, 3.05) is 0 Å². The second kappa shape index (κ2) is 5.39. The maximum Gasteiger partial charge on any atom is 0.239 e. The summed E-state index contributed by atoms with van der Waals surface area (Å²) in [5.74, 6) is 1.76. The second-order valence-electron chi connectivity index (χ2n) is 4.20. The number of halogens is 1. The normalized spacial score (nSPS) is 11.3. The molecule has 0 atom stereocenters. The standard InChI is InChI=1S/C11H7ClN8OS/c12-5-1-6-8(13-2-5)18-11(16-6)22-3-7-17-10(20-21-7)9-14-4-15-19-9/h1-2,4H,3H2,(H,13,16,18)(H,14,15,19). The zero-order valence-corrected chi connectivity index (χ0v) is 12.4. The van der Waals surface area contributed by atoms with Crippen molar-refractivity contribution in [3.8, 4) is 11.6 Å². The maximum absolute atomic E-state index is 5.89. The number of H-pyrrole nitrogens is 2. The summed E-state index contributed by atoms with van der Waals surface area (Å²) >= 11 is 7.31. The number of aromatic amines is 2. The fourth-order valence-corrected chi connectivity index (χ4v) is 2.64. The minimum atomic E-state index is 0.367. The van der Waals surface area contributed by atoms with Gasteiger partial charge in [-0.25, -0.2) is 15.0 Å². The number of hydrogen-bond donors (Lipinski definition) is 2. The fourth-order valence-electron chi connectivity index (χ4n) is 1.77. The van der Waals surface area contributed by atoms with Crippen molar-refractivity contribution < 1.29 is 4.52 Å². The van der Waals surface area contributed by atoms with E-state index in [1.165, 1.54) is 18.1 Å². The topological polar surface area (TPSA) is 122 Å². The summed E-state index contributed by atoms with van der Waals surface area (Å²) in [4.78, 5) is 19.8. The van der Waals surface area contributed by atoms with Gasteiger partial charge in [-0.3, -0.25) is 5.10 Å². The average Bonchev–Trinajstić information content (AvgIpc) is 3.24. The highest BCUT2D eigenvalue weighted by Crippen LogP contribution is 2.23. The molecule has 4 aromatic heterocycles. The van der Waals surface area contributed by atoms with Crippen LogP contribution in [0.5, 0.6) is 0 Å². The molecule has 9 nitrogen and oxygen atoms in total. The molecule has 0 radical (unpaired) electrons. The lowest BCUT2D eigenvalue weighted by molar-refractivity contribution is 0.391. The lowest BCUT2D eigenvalue weighted by Crippen LogP contribution is -1.85. The van der Waals surface area contributed by atoms with Crippen molar-refractivity contribution in [1.29, 1.82) is 0 Å². The van der Waals surface area contributed by atoms with Crippen molar-refractivity contribution in [1.82, 2.24) is 40.3 Å². The molecule has 0 bridgehead atoms. The van der Waals surface area contributed by atoms with Crippen LogP contribution in [0.2, 0.25) is 5.02 Å². The number of nitrogens with one attached hydrogen (secondary N) is 2. The van der Waals surface area contributed by atoms with Crippen LogP contribution in [0, 0.1) is 0 Å². The molecule has 4 heterocycles. The molecule has 4 aromatic rings. The monoisotopic (exact) mass is 334 g/mol. The molecule has 4 rings (SSSR count). The Morgan fingerprint density at radius 1 is 1.27 bits per heavy atom. The van der Waals surface area contributed by atoms with Crippen molar-refractivity contribution in [3.63, 3.8) is 0 Å². The molecule has 0 spiro atoms. The largest absolute Gasteiger partial charge is 0.338 e. The van der Waals surface area contributed by atoms with Crippen LogP contribution in [0.3, 0.4) is 0 Å². The molecular weight excluding hydrogens is 328 g/mol. The predicted molar refractivity (Wildman–Crippen MR) is 78.1 cm³/mol. The Balaban J connectivity index is 1.49. The van der Waals surface area contributed by atoms with Crippen LogP contribution in [0.15, 0.2) is 28.3 Å². The molecule has 0 aliphatic rings. The summed E-state index contributed by atoms with van der Waals surface area (Å²) in [6, 6.07) is 1.77. The van der Waals surface area contributed by atoms with Gasteiger partial charge in [0, 0.05) is 6.20 Å². The van der Waals surface area contributed by atoms with Gasteiger partial charge >= 0.3 is 0 Å². The third-order valence-electron chi connectivity index (χ3n) is 2.71. The first-order valence-corrected chi connectivity index (χ1v) is 7.47. The van der Waals surface area contributed by atoms with Gasteiger partial charge in [-0.15, -0.1) is 0 Å². The van der Waals surface area contributed by atoms with Crippen molar-refractivity contribution in [2.45, 2.75) is 10.9 Å². The fraction of sp³-hybridized carbons (Fsp3) is 0.0909. The molecule has 22 heavy (non-hydrogen) atoms. The zero-order valence-electron chi connectivity index (χ0n) is 10.8. The Morgan fingerprint density at radius 2 is 2.23 bits per heavy atom. The zero-order chi connectivity index (χ0) is 14.9. The second-order valence-corrected chi connectivity index (χ2v) is 5.60. The van der Waals surface area contributed by atoms with E-state index in [1.54, 1.807) is 12.3 Å². The first-order valence-electron chi connectivity index (χ1n) is 6.10. The molecule has 0 saturated heterocycles. The quantitative estimate of drug-likeness (QED) is 0.544. The number of pyridine rings is 1. The van der Waals surface area contributed by atoms with Gasteiger partial charge in [0.2, 0.25) is 11.7 Å². The molecule has 2 N–H and O–H groups in total. The van der Waals surface area contributed by atoms with Crippen molar-refractivity contribution in [3.05, 3.63) is 29.5 Å². The van der Waals surface area contributed by atoms with Crippen LogP contribution in [-0.2, 0) is 5.75 Å². The van der Waals surface area contributed by atoms with E-state index in [0.717, 1.165) is 5.52 Å². The third kappa shape index (κ3) is 2.53. The SMILES string of the molecule is Clc1cnc2nc(SCc3nc(-c4ncn[nH]4)no3)[nH]c2c1. The first kappa shape index (κ1) is 13.2. The van der Waals surface area contributed by atoms with Crippen molar-refractivity contribution in [2.24, 2.45) is 0 Å². The molecule has 0 aromatic carbocycles. The third-order valence-corrected chi connectivity index (χ3v) is 3.77. The smallest absolute Gasteiger partial charge is 0.239 e. The molecule has 0 fully saturated rings. The van der Waals surface area contributed by atoms with Gasteiger partial charge in [-0.2, -0.15) is 10.1 Å². The van der Waals surface area contributed by atoms with Gasteiger partial charge < -0.3 is 9.51 Å². The van der Waals surface area contributed by atoms with E-state index in [9.17, 15) is 0 Å². The van der Waals surface area contributed by atoms with Gasteiger partial charge in [0.05, 0.1) is 16.3 Å². The van der Waals surface area contributed by atoms with Crippen LogP contribution in [0.25, 0.3) is 22.8 Å². The summed E-state index contributed by atoms with van der Waals surface area (Å²) in [5, 5.41) is 11.5. The number of fused-ring (bicyclic) bond motifs is 1. The van der Waals surface area contributed by atoms with E-state index >= 15 is 0 Å². The molecule has 110 valence electrons. The summed E-state index contributed by atoms with van der Waals surface area (Å²) in [6.45, 7) is 0. The molecule has 0 aliphatic heterocycles. The number of aromatic nitrogens is 8. The van der Waals surface area contributed by atoms with E-state index in [-0.39, 0.29) is 0 Å². The number of nitrogens with zero attached hydrogens (tertiary/aromatic N) is 6. The first-order chi connectivity index (χ1) is 10.8. The van der Waals surface area contributed by atoms with Gasteiger partial charge in [-0.1, -0.05) is 28.5 Å². The van der Waals surface area contributed by atoms with Crippen LogP contribution < -0.4 is 0 Å². The molecule has 0 amide bonds.